The zero-order valence-corrected chi connectivity index (χ0v) is 12.2. The Morgan fingerprint density at radius 2 is 2.00 bits per heavy atom. The maximum Gasteiger partial charge on any atom is 0.419 e. The molecule has 1 aromatic heterocycles. The van der Waals surface area contributed by atoms with Gasteiger partial charge in [-0.3, -0.25) is 4.57 Å². The number of piperazine rings is 1. The van der Waals surface area contributed by atoms with Crippen LogP contribution in [-0.2, 0) is 6.54 Å². The van der Waals surface area contributed by atoms with Crippen molar-refractivity contribution in [3.63, 3.8) is 0 Å². The van der Waals surface area contributed by atoms with Crippen LogP contribution in [0.3, 0.4) is 0 Å². The summed E-state index contributed by atoms with van der Waals surface area (Å²) >= 11 is 0. The lowest BCUT2D eigenvalue weighted by molar-refractivity contribution is 0.432. The van der Waals surface area contributed by atoms with Gasteiger partial charge in [0.05, 0.1) is 5.52 Å². The zero-order chi connectivity index (χ0) is 14.3. The highest BCUT2D eigenvalue weighted by atomic mass is 16.4. The summed E-state index contributed by atoms with van der Waals surface area (Å²) in [4.78, 5) is 14.1. The van der Waals surface area contributed by atoms with Crippen LogP contribution in [0.5, 0.6) is 0 Å². The number of oxazole rings is 1. The van der Waals surface area contributed by atoms with Gasteiger partial charge in [-0.15, -0.1) is 0 Å². The van der Waals surface area contributed by atoms with E-state index in [2.05, 4.69) is 30.1 Å². The lowest BCUT2D eigenvalue weighted by Gasteiger charge is -2.41. The first-order valence-electron chi connectivity index (χ1n) is 7.24. The second-order valence-corrected chi connectivity index (χ2v) is 5.53. The summed E-state index contributed by atoms with van der Waals surface area (Å²) in [6.07, 6.45) is 0. The fourth-order valence-corrected chi connectivity index (χ4v) is 3.16. The summed E-state index contributed by atoms with van der Waals surface area (Å²) in [5, 5.41) is 3.42. The highest BCUT2D eigenvalue weighted by molar-refractivity contribution is 5.78. The van der Waals surface area contributed by atoms with Crippen LogP contribution in [-0.4, -0.2) is 29.7 Å². The van der Waals surface area contributed by atoms with Crippen molar-refractivity contribution in [1.29, 1.82) is 0 Å². The average molecular weight is 275 g/mol. The van der Waals surface area contributed by atoms with Crippen molar-refractivity contribution in [1.82, 2.24) is 9.88 Å². The molecule has 0 spiro atoms. The number of anilines is 1. The van der Waals surface area contributed by atoms with E-state index in [0.717, 1.165) is 24.3 Å². The normalized spacial score (nSPS) is 23.4. The van der Waals surface area contributed by atoms with Crippen LogP contribution in [0, 0.1) is 0 Å². The molecule has 3 rings (SSSR count). The standard InChI is InChI=1S/C15H21N3O2/c1-4-17-13-6-5-12(7-14(13)20-15(17)19)18-10(2)8-16-9-11(18)3/h5-7,10-11,16H,4,8-9H2,1-3H3. The largest absolute Gasteiger partial charge is 0.419 e. The van der Waals surface area contributed by atoms with Gasteiger partial charge in [-0.2, -0.15) is 0 Å². The number of aromatic nitrogens is 1. The fourth-order valence-electron chi connectivity index (χ4n) is 3.16. The van der Waals surface area contributed by atoms with Crippen molar-refractivity contribution >= 4 is 16.8 Å². The molecule has 2 heterocycles. The number of benzene rings is 1. The van der Waals surface area contributed by atoms with Gasteiger partial charge in [-0.25, -0.2) is 4.79 Å². The molecule has 0 amide bonds. The van der Waals surface area contributed by atoms with Crippen molar-refractivity contribution < 1.29 is 4.42 Å². The van der Waals surface area contributed by atoms with E-state index in [1.54, 1.807) is 4.57 Å². The summed E-state index contributed by atoms with van der Waals surface area (Å²) in [5.41, 5.74) is 2.67. The van der Waals surface area contributed by atoms with E-state index in [9.17, 15) is 4.79 Å². The van der Waals surface area contributed by atoms with Crippen molar-refractivity contribution in [3.8, 4) is 0 Å². The predicted octanol–water partition coefficient (Wildman–Crippen LogP) is 1.80. The van der Waals surface area contributed by atoms with E-state index in [4.69, 9.17) is 4.42 Å². The molecule has 1 fully saturated rings. The summed E-state index contributed by atoms with van der Waals surface area (Å²) < 4.78 is 7.01. The summed E-state index contributed by atoms with van der Waals surface area (Å²) in [7, 11) is 0. The van der Waals surface area contributed by atoms with E-state index >= 15 is 0 Å². The van der Waals surface area contributed by atoms with Crippen LogP contribution >= 0.6 is 0 Å². The topological polar surface area (TPSA) is 50.4 Å². The van der Waals surface area contributed by atoms with E-state index < -0.39 is 0 Å². The quantitative estimate of drug-likeness (QED) is 0.908. The molecule has 1 aliphatic heterocycles. The molecule has 0 aliphatic carbocycles. The average Bonchev–Trinajstić information content (AvgIpc) is 2.73. The number of nitrogens with zero attached hydrogens (tertiary/aromatic N) is 2. The molecule has 2 aromatic rings. The molecule has 1 aliphatic rings. The zero-order valence-electron chi connectivity index (χ0n) is 12.2. The third-order valence-electron chi connectivity index (χ3n) is 4.10. The van der Waals surface area contributed by atoms with E-state index in [1.807, 2.05) is 19.1 Å². The Morgan fingerprint density at radius 1 is 1.30 bits per heavy atom. The lowest BCUT2D eigenvalue weighted by atomic mass is 10.1. The first kappa shape index (κ1) is 13.2. The number of hydrogen-bond donors (Lipinski definition) is 1. The second kappa shape index (κ2) is 4.98. The minimum absolute atomic E-state index is 0.277. The summed E-state index contributed by atoms with van der Waals surface area (Å²) in [6.45, 7) is 8.95. The van der Waals surface area contributed by atoms with Crippen LogP contribution < -0.4 is 16.0 Å². The minimum atomic E-state index is -0.277. The Labute approximate surface area is 118 Å². The first-order chi connectivity index (χ1) is 9.61. The van der Waals surface area contributed by atoms with Gasteiger partial charge in [-0.1, -0.05) is 0 Å². The third-order valence-corrected chi connectivity index (χ3v) is 4.10. The van der Waals surface area contributed by atoms with Gasteiger partial charge in [0.15, 0.2) is 5.58 Å². The maximum absolute atomic E-state index is 11.8. The van der Waals surface area contributed by atoms with Gasteiger partial charge in [0.25, 0.3) is 0 Å². The van der Waals surface area contributed by atoms with E-state index in [1.165, 1.54) is 0 Å². The highest BCUT2D eigenvalue weighted by Gasteiger charge is 2.25. The molecule has 20 heavy (non-hydrogen) atoms. The summed E-state index contributed by atoms with van der Waals surface area (Å²) in [6, 6.07) is 6.91. The third kappa shape index (κ3) is 2.02. The van der Waals surface area contributed by atoms with Gasteiger partial charge in [0, 0.05) is 43.5 Å². The van der Waals surface area contributed by atoms with Crippen molar-refractivity contribution in [2.75, 3.05) is 18.0 Å². The number of fused-ring (bicyclic) bond motifs is 1. The Kier molecular flexibility index (Phi) is 3.30. The minimum Gasteiger partial charge on any atom is -0.408 e. The Bertz CT molecular complexity index is 663. The number of nitrogens with one attached hydrogen (secondary N) is 1. The number of rotatable bonds is 2. The molecule has 1 N–H and O–H groups in total. The molecular weight excluding hydrogens is 254 g/mol. The SMILES string of the molecule is CCn1c(=O)oc2cc(N3C(C)CNCC3C)ccc21. The Balaban J connectivity index is 2.06. The van der Waals surface area contributed by atoms with Crippen LogP contribution in [0.4, 0.5) is 5.69 Å². The number of aryl methyl sites for hydroxylation is 1. The molecule has 2 unspecified atom stereocenters. The molecule has 1 aromatic carbocycles. The van der Waals surface area contributed by atoms with Gasteiger partial charge < -0.3 is 14.6 Å². The number of hydrogen-bond acceptors (Lipinski definition) is 4. The molecule has 108 valence electrons. The molecule has 0 radical (unpaired) electrons. The Morgan fingerprint density at radius 3 is 2.65 bits per heavy atom. The monoisotopic (exact) mass is 275 g/mol. The molecule has 5 heteroatoms. The van der Waals surface area contributed by atoms with Crippen LogP contribution in [0.15, 0.2) is 27.4 Å². The van der Waals surface area contributed by atoms with Crippen molar-refractivity contribution in [3.05, 3.63) is 28.7 Å². The van der Waals surface area contributed by atoms with E-state index in [0.29, 0.717) is 24.2 Å². The molecule has 0 saturated carbocycles. The highest BCUT2D eigenvalue weighted by Crippen LogP contribution is 2.26. The van der Waals surface area contributed by atoms with Crippen molar-refractivity contribution in [2.45, 2.75) is 39.4 Å². The molecule has 2 atom stereocenters. The summed E-state index contributed by atoms with van der Waals surface area (Å²) in [5.74, 6) is -0.277. The van der Waals surface area contributed by atoms with Gasteiger partial charge in [0.2, 0.25) is 0 Å². The van der Waals surface area contributed by atoms with E-state index in [-0.39, 0.29) is 5.76 Å². The second-order valence-electron chi connectivity index (χ2n) is 5.53. The Hall–Kier alpha value is -1.75. The lowest BCUT2D eigenvalue weighted by Crippen LogP contribution is -2.55. The van der Waals surface area contributed by atoms with Crippen LogP contribution in [0.1, 0.15) is 20.8 Å². The molecule has 0 bridgehead atoms. The first-order valence-corrected chi connectivity index (χ1v) is 7.24. The van der Waals surface area contributed by atoms with Gasteiger partial charge >= 0.3 is 5.76 Å². The van der Waals surface area contributed by atoms with Crippen LogP contribution in [0.25, 0.3) is 11.1 Å². The molecule has 1 saturated heterocycles. The van der Waals surface area contributed by atoms with Gasteiger partial charge in [-0.05, 0) is 32.9 Å². The molecular formula is C15H21N3O2. The fraction of sp³-hybridized carbons (Fsp3) is 0.533. The predicted molar refractivity (Wildman–Crippen MR) is 80.4 cm³/mol. The van der Waals surface area contributed by atoms with Crippen LogP contribution in [0.2, 0.25) is 0 Å². The smallest absolute Gasteiger partial charge is 0.408 e. The maximum atomic E-state index is 11.8. The van der Waals surface area contributed by atoms with Crippen molar-refractivity contribution in [2.24, 2.45) is 0 Å². The van der Waals surface area contributed by atoms with Gasteiger partial charge in [0.1, 0.15) is 0 Å². The molecule has 5 nitrogen and oxygen atoms in total.